The van der Waals surface area contributed by atoms with Gasteiger partial charge in [0.15, 0.2) is 0 Å². The van der Waals surface area contributed by atoms with E-state index in [1.54, 1.807) is 0 Å². The van der Waals surface area contributed by atoms with E-state index < -0.39 is 0 Å². The molecule has 0 radical (unpaired) electrons. The van der Waals surface area contributed by atoms with Crippen molar-refractivity contribution in [2.45, 2.75) is 52.1 Å². The van der Waals surface area contributed by atoms with Gasteiger partial charge >= 0.3 is 0 Å². The number of primary amides is 1. The van der Waals surface area contributed by atoms with E-state index in [1.807, 2.05) is 13.8 Å². The Balaban J connectivity index is 2.56. The number of ether oxygens (including phenoxy) is 1. The van der Waals surface area contributed by atoms with Gasteiger partial charge in [-0.05, 0) is 26.7 Å². The summed E-state index contributed by atoms with van der Waals surface area (Å²) < 4.78 is 5.55. The second kappa shape index (κ2) is 4.78. The van der Waals surface area contributed by atoms with E-state index in [0.717, 1.165) is 25.7 Å². The van der Waals surface area contributed by atoms with Gasteiger partial charge < -0.3 is 10.5 Å². The highest BCUT2D eigenvalue weighted by atomic mass is 16.5. The predicted molar refractivity (Wildman–Crippen MR) is 55.8 cm³/mol. The molecule has 1 aliphatic carbocycles. The topological polar surface area (TPSA) is 52.3 Å². The molecule has 1 aliphatic rings. The van der Waals surface area contributed by atoms with Gasteiger partial charge in [-0.1, -0.05) is 19.3 Å². The summed E-state index contributed by atoms with van der Waals surface area (Å²) in [4.78, 5) is 11.4. The maximum Gasteiger partial charge on any atom is 0.225 e. The second-order valence-corrected chi connectivity index (χ2v) is 4.57. The molecule has 0 saturated heterocycles. The third-order valence-electron chi connectivity index (χ3n) is 3.03. The number of nitrogens with two attached hydrogens (primary N) is 1. The second-order valence-electron chi connectivity index (χ2n) is 4.57. The summed E-state index contributed by atoms with van der Waals surface area (Å²) in [6, 6.07) is 0. The van der Waals surface area contributed by atoms with Gasteiger partial charge in [-0.3, -0.25) is 4.79 Å². The van der Waals surface area contributed by atoms with Crippen LogP contribution in [0, 0.1) is 5.41 Å². The van der Waals surface area contributed by atoms with Crippen molar-refractivity contribution >= 4 is 5.91 Å². The average molecular weight is 199 g/mol. The molecule has 0 aromatic rings. The van der Waals surface area contributed by atoms with Crippen LogP contribution >= 0.6 is 0 Å². The van der Waals surface area contributed by atoms with Crippen molar-refractivity contribution in [1.82, 2.24) is 0 Å². The quantitative estimate of drug-likeness (QED) is 0.751. The molecule has 2 N–H and O–H groups in total. The van der Waals surface area contributed by atoms with E-state index >= 15 is 0 Å². The number of carbonyl (C=O) groups is 1. The minimum Gasteiger partial charge on any atom is -0.378 e. The number of amides is 1. The maximum atomic E-state index is 11.4. The molecule has 1 saturated carbocycles. The molecule has 0 spiro atoms. The van der Waals surface area contributed by atoms with E-state index in [9.17, 15) is 4.79 Å². The van der Waals surface area contributed by atoms with Crippen LogP contribution in [0.3, 0.4) is 0 Å². The van der Waals surface area contributed by atoms with Gasteiger partial charge in [-0.2, -0.15) is 0 Å². The Hall–Kier alpha value is -0.570. The maximum absolute atomic E-state index is 11.4. The minimum absolute atomic E-state index is 0.174. The molecule has 0 aromatic carbocycles. The van der Waals surface area contributed by atoms with Gasteiger partial charge in [-0.15, -0.1) is 0 Å². The normalized spacial score (nSPS) is 21.1. The summed E-state index contributed by atoms with van der Waals surface area (Å²) in [6.45, 7) is 4.47. The molecule has 82 valence electrons. The van der Waals surface area contributed by atoms with E-state index in [-0.39, 0.29) is 17.4 Å². The third-order valence-corrected chi connectivity index (χ3v) is 3.03. The summed E-state index contributed by atoms with van der Waals surface area (Å²) in [5.41, 5.74) is 5.10. The lowest BCUT2D eigenvalue weighted by atomic mass is 9.74. The van der Waals surface area contributed by atoms with Gasteiger partial charge in [-0.25, -0.2) is 0 Å². The molecule has 0 heterocycles. The van der Waals surface area contributed by atoms with Gasteiger partial charge in [0.25, 0.3) is 0 Å². The first-order valence-corrected chi connectivity index (χ1v) is 5.48. The van der Waals surface area contributed by atoms with Crippen molar-refractivity contribution < 1.29 is 9.53 Å². The molecule has 1 rings (SSSR count). The van der Waals surface area contributed by atoms with Crippen LogP contribution in [0.15, 0.2) is 0 Å². The smallest absolute Gasteiger partial charge is 0.225 e. The van der Waals surface area contributed by atoms with Crippen LogP contribution in [0.2, 0.25) is 0 Å². The highest BCUT2D eigenvalue weighted by Crippen LogP contribution is 2.36. The fourth-order valence-electron chi connectivity index (χ4n) is 2.02. The van der Waals surface area contributed by atoms with E-state index in [2.05, 4.69) is 0 Å². The number of hydrogen-bond donors (Lipinski definition) is 1. The zero-order valence-corrected chi connectivity index (χ0v) is 9.21. The first kappa shape index (κ1) is 11.5. The van der Waals surface area contributed by atoms with E-state index in [1.165, 1.54) is 6.42 Å². The van der Waals surface area contributed by atoms with Crippen molar-refractivity contribution in [1.29, 1.82) is 0 Å². The fraction of sp³-hybridized carbons (Fsp3) is 0.909. The van der Waals surface area contributed by atoms with Crippen LogP contribution < -0.4 is 5.73 Å². The standard InChI is InChI=1S/C11H21NO2/c1-9(2)14-8-11(10(12)13)6-4-3-5-7-11/h9H,3-8H2,1-2H3,(H2,12,13). The van der Waals surface area contributed by atoms with Gasteiger partial charge in [0.1, 0.15) is 0 Å². The highest BCUT2D eigenvalue weighted by molar-refractivity contribution is 5.81. The van der Waals surface area contributed by atoms with Crippen LogP contribution in [-0.4, -0.2) is 18.6 Å². The number of carbonyl (C=O) groups excluding carboxylic acids is 1. The molecule has 0 aromatic heterocycles. The van der Waals surface area contributed by atoms with E-state index in [4.69, 9.17) is 10.5 Å². The largest absolute Gasteiger partial charge is 0.378 e. The molecule has 1 amide bonds. The van der Waals surface area contributed by atoms with Crippen LogP contribution in [0.5, 0.6) is 0 Å². The lowest BCUT2D eigenvalue weighted by Crippen LogP contribution is -2.43. The highest BCUT2D eigenvalue weighted by Gasteiger charge is 2.38. The molecular weight excluding hydrogens is 178 g/mol. The van der Waals surface area contributed by atoms with Crippen molar-refractivity contribution in [3.8, 4) is 0 Å². The molecule has 1 fully saturated rings. The first-order valence-electron chi connectivity index (χ1n) is 5.48. The molecule has 3 heteroatoms. The monoisotopic (exact) mass is 199 g/mol. The molecule has 0 aliphatic heterocycles. The van der Waals surface area contributed by atoms with Crippen LogP contribution in [0.4, 0.5) is 0 Å². The van der Waals surface area contributed by atoms with Gasteiger partial charge in [0.2, 0.25) is 5.91 Å². The summed E-state index contributed by atoms with van der Waals surface area (Å²) in [7, 11) is 0. The van der Waals surface area contributed by atoms with Crippen molar-refractivity contribution in [2.75, 3.05) is 6.61 Å². The number of rotatable bonds is 4. The Morgan fingerprint density at radius 3 is 2.36 bits per heavy atom. The van der Waals surface area contributed by atoms with Crippen LogP contribution in [0.1, 0.15) is 46.0 Å². The molecular formula is C11H21NO2. The molecule has 0 atom stereocenters. The van der Waals surface area contributed by atoms with Crippen molar-refractivity contribution in [3.05, 3.63) is 0 Å². The lowest BCUT2D eigenvalue weighted by molar-refractivity contribution is -0.135. The Morgan fingerprint density at radius 2 is 1.93 bits per heavy atom. The Bertz CT molecular complexity index is 195. The van der Waals surface area contributed by atoms with E-state index in [0.29, 0.717) is 6.61 Å². The number of hydrogen-bond acceptors (Lipinski definition) is 2. The first-order chi connectivity index (χ1) is 6.57. The SMILES string of the molecule is CC(C)OCC1(C(N)=O)CCCCC1. The fourth-order valence-corrected chi connectivity index (χ4v) is 2.02. The van der Waals surface area contributed by atoms with Crippen molar-refractivity contribution in [2.24, 2.45) is 11.1 Å². The molecule has 0 bridgehead atoms. The Kier molecular flexibility index (Phi) is 3.93. The Morgan fingerprint density at radius 1 is 1.36 bits per heavy atom. The summed E-state index contributed by atoms with van der Waals surface area (Å²) >= 11 is 0. The molecule has 14 heavy (non-hydrogen) atoms. The Labute approximate surface area is 86.0 Å². The minimum atomic E-state index is -0.372. The molecule has 3 nitrogen and oxygen atoms in total. The zero-order chi connectivity index (χ0) is 10.6. The zero-order valence-electron chi connectivity index (χ0n) is 9.21. The van der Waals surface area contributed by atoms with Gasteiger partial charge in [0, 0.05) is 0 Å². The molecule has 0 unspecified atom stereocenters. The predicted octanol–water partition coefficient (Wildman–Crippen LogP) is 1.85. The van der Waals surface area contributed by atoms with Crippen molar-refractivity contribution in [3.63, 3.8) is 0 Å². The van der Waals surface area contributed by atoms with Gasteiger partial charge in [0.05, 0.1) is 18.1 Å². The average Bonchev–Trinajstić information content (AvgIpc) is 2.16. The third kappa shape index (κ3) is 2.71. The summed E-state index contributed by atoms with van der Waals surface area (Å²) in [5, 5.41) is 0. The lowest BCUT2D eigenvalue weighted by Gasteiger charge is -2.34. The summed E-state index contributed by atoms with van der Waals surface area (Å²) in [5.74, 6) is -0.183. The van der Waals surface area contributed by atoms with Crippen LogP contribution in [-0.2, 0) is 9.53 Å². The van der Waals surface area contributed by atoms with Crippen LogP contribution in [0.25, 0.3) is 0 Å². The summed E-state index contributed by atoms with van der Waals surface area (Å²) in [6.07, 6.45) is 5.39.